The second-order valence-corrected chi connectivity index (χ2v) is 6.66. The van der Waals surface area contributed by atoms with Crippen LogP contribution < -0.4 is 15.5 Å². The number of hydrogen-bond donors (Lipinski definition) is 2. The van der Waals surface area contributed by atoms with Crippen molar-refractivity contribution in [2.75, 3.05) is 6.54 Å². The second-order valence-electron chi connectivity index (χ2n) is 6.25. The van der Waals surface area contributed by atoms with Crippen LogP contribution >= 0.6 is 11.6 Å². The quantitative estimate of drug-likeness (QED) is 0.435. The van der Waals surface area contributed by atoms with Crippen LogP contribution in [0.4, 0.5) is 0 Å². The van der Waals surface area contributed by atoms with Crippen molar-refractivity contribution in [3.05, 3.63) is 64.7 Å². The molecule has 0 unspecified atom stereocenters. The number of nitrogens with zero attached hydrogens (tertiary/aromatic N) is 1. The van der Waals surface area contributed by atoms with E-state index in [0.717, 1.165) is 11.1 Å². The fraction of sp³-hybridized carbons (Fsp3) is 0.250. The molecule has 0 aliphatic carbocycles. The van der Waals surface area contributed by atoms with E-state index >= 15 is 0 Å². The summed E-state index contributed by atoms with van der Waals surface area (Å²) < 4.78 is 5.70. The van der Waals surface area contributed by atoms with Gasteiger partial charge in [0.25, 0.3) is 0 Å². The van der Waals surface area contributed by atoms with Gasteiger partial charge < -0.3 is 10.1 Å². The maximum Gasteiger partial charge on any atom is 0.329 e. The molecular weight excluding hydrogens is 366 g/mol. The van der Waals surface area contributed by atoms with E-state index in [2.05, 4.69) is 15.8 Å². The number of rotatable bonds is 7. The summed E-state index contributed by atoms with van der Waals surface area (Å²) in [6.07, 6.45) is 1.45. The van der Waals surface area contributed by atoms with Crippen molar-refractivity contribution >= 4 is 29.6 Å². The maximum atomic E-state index is 11.6. The van der Waals surface area contributed by atoms with Crippen LogP contribution in [0.2, 0.25) is 5.02 Å². The van der Waals surface area contributed by atoms with Crippen LogP contribution in [-0.2, 0) is 16.2 Å². The SMILES string of the molecule is CC(C)CNC(=O)C(=O)N/N=C/c1ccc(OCc2ccccc2Cl)cc1. The highest BCUT2D eigenvalue weighted by Crippen LogP contribution is 2.18. The van der Waals surface area contributed by atoms with Gasteiger partial charge in [-0.15, -0.1) is 0 Å². The van der Waals surface area contributed by atoms with Gasteiger partial charge in [-0.2, -0.15) is 5.10 Å². The number of carbonyl (C=O) groups excluding carboxylic acids is 2. The summed E-state index contributed by atoms with van der Waals surface area (Å²) in [5.74, 6) is -0.552. The molecule has 0 bridgehead atoms. The normalized spacial score (nSPS) is 10.8. The van der Waals surface area contributed by atoms with Crippen molar-refractivity contribution in [1.29, 1.82) is 0 Å². The highest BCUT2D eigenvalue weighted by molar-refractivity contribution is 6.35. The number of carbonyl (C=O) groups is 2. The minimum atomic E-state index is -0.799. The summed E-state index contributed by atoms with van der Waals surface area (Å²) in [6.45, 7) is 4.69. The first-order chi connectivity index (χ1) is 13.0. The van der Waals surface area contributed by atoms with Crippen LogP contribution in [0.15, 0.2) is 53.6 Å². The average Bonchev–Trinajstić information content (AvgIpc) is 2.66. The molecule has 0 spiro atoms. The summed E-state index contributed by atoms with van der Waals surface area (Å²) in [5, 5.41) is 6.96. The van der Waals surface area contributed by atoms with Crippen molar-refractivity contribution in [3.63, 3.8) is 0 Å². The Bertz CT molecular complexity index is 804. The number of hydrogen-bond acceptors (Lipinski definition) is 4. The molecule has 2 aromatic carbocycles. The fourth-order valence-electron chi connectivity index (χ4n) is 2.02. The third kappa shape index (κ3) is 7.11. The molecule has 0 aliphatic rings. The summed E-state index contributed by atoms with van der Waals surface area (Å²) in [5.41, 5.74) is 3.85. The molecule has 2 N–H and O–H groups in total. The van der Waals surface area contributed by atoms with Crippen LogP contribution in [0.5, 0.6) is 5.75 Å². The fourth-order valence-corrected chi connectivity index (χ4v) is 2.21. The second kappa shape index (κ2) is 10.3. The van der Waals surface area contributed by atoms with E-state index in [1.54, 1.807) is 24.3 Å². The molecule has 142 valence electrons. The third-order valence-corrected chi connectivity index (χ3v) is 3.86. The Labute approximate surface area is 163 Å². The summed E-state index contributed by atoms with van der Waals surface area (Å²) >= 11 is 6.10. The van der Waals surface area contributed by atoms with Gasteiger partial charge in [-0.1, -0.05) is 43.6 Å². The average molecular weight is 388 g/mol. The first kappa shape index (κ1) is 20.5. The van der Waals surface area contributed by atoms with Gasteiger partial charge in [-0.25, -0.2) is 5.43 Å². The molecule has 0 aromatic heterocycles. The van der Waals surface area contributed by atoms with E-state index in [0.29, 0.717) is 23.9 Å². The molecule has 0 aliphatic heterocycles. The lowest BCUT2D eigenvalue weighted by Gasteiger charge is -2.08. The van der Waals surface area contributed by atoms with Crippen molar-refractivity contribution in [2.24, 2.45) is 11.0 Å². The highest BCUT2D eigenvalue weighted by Gasteiger charge is 2.12. The lowest BCUT2D eigenvalue weighted by atomic mass is 10.2. The predicted molar refractivity (Wildman–Crippen MR) is 106 cm³/mol. The van der Waals surface area contributed by atoms with E-state index in [-0.39, 0.29) is 5.92 Å². The monoisotopic (exact) mass is 387 g/mol. The molecule has 0 saturated heterocycles. The minimum Gasteiger partial charge on any atom is -0.489 e. The Morgan fingerprint density at radius 1 is 1.11 bits per heavy atom. The number of ether oxygens (including phenoxy) is 1. The third-order valence-electron chi connectivity index (χ3n) is 3.49. The Morgan fingerprint density at radius 3 is 2.48 bits per heavy atom. The van der Waals surface area contributed by atoms with E-state index in [4.69, 9.17) is 16.3 Å². The summed E-state index contributed by atoms with van der Waals surface area (Å²) in [7, 11) is 0. The van der Waals surface area contributed by atoms with E-state index in [1.165, 1.54) is 6.21 Å². The smallest absolute Gasteiger partial charge is 0.329 e. The zero-order valence-corrected chi connectivity index (χ0v) is 16.0. The van der Waals surface area contributed by atoms with Crippen LogP contribution in [0.25, 0.3) is 0 Å². The molecule has 0 fully saturated rings. The van der Waals surface area contributed by atoms with Gasteiger partial charge in [0.2, 0.25) is 0 Å². The molecule has 0 radical (unpaired) electrons. The lowest BCUT2D eigenvalue weighted by molar-refractivity contribution is -0.139. The van der Waals surface area contributed by atoms with Crippen LogP contribution in [0, 0.1) is 5.92 Å². The zero-order chi connectivity index (χ0) is 19.6. The maximum absolute atomic E-state index is 11.6. The number of amides is 2. The Balaban J connectivity index is 1.81. The first-order valence-electron chi connectivity index (χ1n) is 8.53. The van der Waals surface area contributed by atoms with E-state index in [1.807, 2.05) is 38.1 Å². The lowest BCUT2D eigenvalue weighted by Crippen LogP contribution is -2.39. The summed E-state index contributed by atoms with van der Waals surface area (Å²) in [6, 6.07) is 14.6. The van der Waals surface area contributed by atoms with Gasteiger partial charge in [-0.3, -0.25) is 9.59 Å². The molecule has 2 amide bonds. The van der Waals surface area contributed by atoms with Crippen molar-refractivity contribution < 1.29 is 14.3 Å². The molecular formula is C20H22ClN3O3. The minimum absolute atomic E-state index is 0.268. The van der Waals surface area contributed by atoms with Gasteiger partial charge in [0, 0.05) is 17.1 Å². The van der Waals surface area contributed by atoms with Gasteiger partial charge in [0.1, 0.15) is 12.4 Å². The molecule has 0 saturated carbocycles. The van der Waals surface area contributed by atoms with Crippen LogP contribution in [0.1, 0.15) is 25.0 Å². The molecule has 7 heteroatoms. The number of hydrazone groups is 1. The Morgan fingerprint density at radius 2 is 1.81 bits per heavy atom. The highest BCUT2D eigenvalue weighted by atomic mass is 35.5. The van der Waals surface area contributed by atoms with Crippen molar-refractivity contribution in [2.45, 2.75) is 20.5 Å². The number of nitrogens with one attached hydrogen (secondary N) is 2. The van der Waals surface area contributed by atoms with E-state index < -0.39 is 11.8 Å². The molecule has 2 aromatic rings. The molecule has 0 heterocycles. The number of benzene rings is 2. The standard InChI is InChI=1S/C20H22ClN3O3/c1-14(2)11-22-19(25)20(26)24-23-12-15-7-9-17(10-8-15)27-13-16-5-3-4-6-18(16)21/h3-10,12,14H,11,13H2,1-2H3,(H,22,25)(H,24,26)/b23-12+. The van der Waals surface area contributed by atoms with Gasteiger partial charge in [-0.05, 0) is 41.8 Å². The predicted octanol–water partition coefficient (Wildman–Crippen LogP) is 3.14. The summed E-state index contributed by atoms with van der Waals surface area (Å²) in [4.78, 5) is 23.1. The molecule has 27 heavy (non-hydrogen) atoms. The van der Waals surface area contributed by atoms with Gasteiger partial charge >= 0.3 is 11.8 Å². The van der Waals surface area contributed by atoms with Crippen LogP contribution in [-0.4, -0.2) is 24.6 Å². The van der Waals surface area contributed by atoms with Crippen molar-refractivity contribution in [3.8, 4) is 5.75 Å². The molecule has 6 nitrogen and oxygen atoms in total. The Kier molecular flexibility index (Phi) is 7.82. The van der Waals surface area contributed by atoms with Gasteiger partial charge in [0.05, 0.1) is 6.21 Å². The first-order valence-corrected chi connectivity index (χ1v) is 8.91. The topological polar surface area (TPSA) is 79.8 Å². The van der Waals surface area contributed by atoms with Crippen LogP contribution in [0.3, 0.4) is 0 Å². The number of halogens is 1. The molecule has 2 rings (SSSR count). The van der Waals surface area contributed by atoms with Gasteiger partial charge in [0.15, 0.2) is 0 Å². The molecule has 0 atom stereocenters. The Hall–Kier alpha value is -2.86. The van der Waals surface area contributed by atoms with Crippen molar-refractivity contribution in [1.82, 2.24) is 10.7 Å². The zero-order valence-electron chi connectivity index (χ0n) is 15.2. The largest absolute Gasteiger partial charge is 0.489 e. The van der Waals surface area contributed by atoms with E-state index in [9.17, 15) is 9.59 Å².